The Labute approximate surface area is 123 Å². The van der Waals surface area contributed by atoms with E-state index in [9.17, 15) is 4.79 Å². The van der Waals surface area contributed by atoms with Crippen LogP contribution in [0, 0.1) is 0 Å². The van der Waals surface area contributed by atoms with Crippen LogP contribution in [0.3, 0.4) is 0 Å². The molecule has 0 saturated heterocycles. The molecule has 1 aliphatic rings. The van der Waals surface area contributed by atoms with Gasteiger partial charge in [0.15, 0.2) is 0 Å². The summed E-state index contributed by atoms with van der Waals surface area (Å²) in [5.74, 6) is 0.665. The fourth-order valence-corrected chi connectivity index (χ4v) is 2.52. The number of rotatable bonds is 3. The van der Waals surface area contributed by atoms with Crippen molar-refractivity contribution in [1.29, 1.82) is 0 Å². The van der Waals surface area contributed by atoms with Gasteiger partial charge in [0.25, 0.3) is 0 Å². The van der Waals surface area contributed by atoms with Crippen LogP contribution in [-0.2, 0) is 24.4 Å². The Bertz CT molecular complexity index is 684. The maximum absolute atomic E-state index is 11.4. The van der Waals surface area contributed by atoms with E-state index in [1.165, 1.54) is 11.1 Å². The van der Waals surface area contributed by atoms with E-state index in [0.717, 1.165) is 11.3 Å². The highest BCUT2D eigenvalue weighted by Crippen LogP contribution is 2.26. The Morgan fingerprint density at radius 2 is 2.14 bits per heavy atom. The highest BCUT2D eigenvalue weighted by atomic mass is 16.2. The van der Waals surface area contributed by atoms with Gasteiger partial charge in [-0.15, -0.1) is 0 Å². The van der Waals surface area contributed by atoms with E-state index >= 15 is 0 Å². The van der Waals surface area contributed by atoms with Crippen LogP contribution < -0.4 is 11.1 Å². The van der Waals surface area contributed by atoms with Gasteiger partial charge in [-0.05, 0) is 29.3 Å². The number of nitrogen functional groups attached to an aromatic ring is 1. The maximum Gasteiger partial charge on any atom is 0.220 e. The van der Waals surface area contributed by atoms with Gasteiger partial charge < -0.3 is 16.0 Å². The van der Waals surface area contributed by atoms with Gasteiger partial charge in [0.05, 0.1) is 0 Å². The third-order valence-corrected chi connectivity index (χ3v) is 3.78. The number of benzene rings is 1. The molecule has 1 aromatic carbocycles. The van der Waals surface area contributed by atoms with Crippen LogP contribution >= 0.6 is 0 Å². The largest absolute Gasteiger partial charge is 0.383 e. The first-order chi connectivity index (χ1) is 10.1. The molecule has 0 saturated carbocycles. The summed E-state index contributed by atoms with van der Waals surface area (Å²) in [6, 6.07) is 10.0. The first-order valence-electron chi connectivity index (χ1n) is 6.94. The molecule has 108 valence electrons. The second kappa shape index (κ2) is 5.44. The summed E-state index contributed by atoms with van der Waals surface area (Å²) in [5, 5.41) is 3.35. The van der Waals surface area contributed by atoms with Crippen molar-refractivity contribution in [3.05, 3.63) is 53.2 Å². The van der Waals surface area contributed by atoms with E-state index in [1.807, 2.05) is 23.1 Å². The van der Waals surface area contributed by atoms with Gasteiger partial charge >= 0.3 is 0 Å². The van der Waals surface area contributed by atoms with Crippen molar-refractivity contribution < 1.29 is 4.79 Å². The van der Waals surface area contributed by atoms with Crippen LogP contribution in [0.5, 0.6) is 0 Å². The molecule has 0 bridgehead atoms. The summed E-state index contributed by atoms with van der Waals surface area (Å²) in [7, 11) is 0. The molecule has 0 radical (unpaired) electrons. The van der Waals surface area contributed by atoms with E-state index < -0.39 is 0 Å². The van der Waals surface area contributed by atoms with Crippen molar-refractivity contribution in [3.8, 4) is 0 Å². The van der Waals surface area contributed by atoms with Crippen LogP contribution in [0.4, 0.5) is 11.5 Å². The smallest absolute Gasteiger partial charge is 0.220 e. The molecule has 1 aromatic heterocycles. The molecular formula is C16H18N4O. The van der Waals surface area contributed by atoms with Gasteiger partial charge in [-0.2, -0.15) is 0 Å². The summed E-state index contributed by atoms with van der Waals surface area (Å²) in [6.07, 6.45) is 1.69. The van der Waals surface area contributed by atoms with Crippen molar-refractivity contribution >= 4 is 17.4 Å². The van der Waals surface area contributed by atoms with Crippen molar-refractivity contribution in [2.45, 2.75) is 26.6 Å². The fourth-order valence-electron chi connectivity index (χ4n) is 2.52. The van der Waals surface area contributed by atoms with Crippen molar-refractivity contribution in [2.24, 2.45) is 0 Å². The Morgan fingerprint density at radius 3 is 2.90 bits per heavy atom. The average molecular weight is 282 g/mol. The zero-order valence-electron chi connectivity index (χ0n) is 12.0. The van der Waals surface area contributed by atoms with Crippen LogP contribution in [0.1, 0.15) is 23.6 Å². The number of pyridine rings is 1. The van der Waals surface area contributed by atoms with Crippen molar-refractivity contribution in [2.75, 3.05) is 11.1 Å². The predicted molar refractivity (Wildman–Crippen MR) is 82.3 cm³/mol. The topological polar surface area (TPSA) is 71.2 Å². The lowest BCUT2D eigenvalue weighted by atomic mass is 10.1. The molecular weight excluding hydrogens is 264 g/mol. The molecule has 3 N–H and O–H groups in total. The number of hydrogen-bond donors (Lipinski definition) is 2. The van der Waals surface area contributed by atoms with Crippen molar-refractivity contribution in [1.82, 2.24) is 9.88 Å². The number of aromatic nitrogens is 1. The quantitative estimate of drug-likeness (QED) is 0.904. The number of carbonyl (C=O) groups is 1. The summed E-state index contributed by atoms with van der Waals surface area (Å²) in [6.45, 7) is 3.64. The molecule has 1 aliphatic heterocycles. The molecule has 5 heteroatoms. The first kappa shape index (κ1) is 13.4. The highest BCUT2D eigenvalue weighted by molar-refractivity contribution is 5.74. The SMILES string of the molecule is CC(=O)N1Cc2ccc(NCc3cccnc3N)cc2C1. The monoisotopic (exact) mass is 282 g/mol. The number of amides is 1. The van der Waals surface area contributed by atoms with Crippen LogP contribution in [-0.4, -0.2) is 15.8 Å². The minimum atomic E-state index is 0.115. The third kappa shape index (κ3) is 2.81. The number of nitrogens with two attached hydrogens (primary N) is 1. The predicted octanol–water partition coefficient (Wildman–Crippen LogP) is 2.14. The van der Waals surface area contributed by atoms with E-state index in [1.54, 1.807) is 13.1 Å². The molecule has 21 heavy (non-hydrogen) atoms. The van der Waals surface area contributed by atoms with E-state index in [0.29, 0.717) is 25.5 Å². The number of nitrogens with zero attached hydrogens (tertiary/aromatic N) is 2. The van der Waals surface area contributed by atoms with Crippen molar-refractivity contribution in [3.63, 3.8) is 0 Å². The number of anilines is 2. The summed E-state index contributed by atoms with van der Waals surface area (Å²) in [5.41, 5.74) is 10.3. The molecule has 0 unspecified atom stereocenters. The zero-order valence-corrected chi connectivity index (χ0v) is 12.0. The van der Waals surface area contributed by atoms with E-state index in [2.05, 4.69) is 22.4 Å². The van der Waals surface area contributed by atoms with Gasteiger partial charge in [0.1, 0.15) is 5.82 Å². The normalized spacial score (nSPS) is 13.1. The van der Waals surface area contributed by atoms with Crippen LogP contribution in [0.15, 0.2) is 36.5 Å². The lowest BCUT2D eigenvalue weighted by molar-refractivity contribution is -0.129. The third-order valence-electron chi connectivity index (χ3n) is 3.78. The summed E-state index contributed by atoms with van der Waals surface area (Å²) >= 11 is 0. The second-order valence-corrected chi connectivity index (χ2v) is 5.26. The molecule has 0 atom stereocenters. The van der Waals surface area contributed by atoms with E-state index in [4.69, 9.17) is 5.73 Å². The Kier molecular flexibility index (Phi) is 3.48. The minimum absolute atomic E-state index is 0.115. The number of carbonyl (C=O) groups excluding carboxylic acids is 1. The first-order valence-corrected chi connectivity index (χ1v) is 6.94. The number of fused-ring (bicyclic) bond motifs is 1. The maximum atomic E-state index is 11.4. The van der Waals surface area contributed by atoms with Gasteiger partial charge in [-0.1, -0.05) is 12.1 Å². The molecule has 0 fully saturated rings. The average Bonchev–Trinajstić information content (AvgIpc) is 2.90. The van der Waals surface area contributed by atoms with Gasteiger partial charge in [-0.25, -0.2) is 4.98 Å². The molecule has 3 rings (SSSR count). The number of hydrogen-bond acceptors (Lipinski definition) is 4. The lowest BCUT2D eigenvalue weighted by Crippen LogP contribution is -2.21. The Hall–Kier alpha value is -2.56. The molecule has 0 aliphatic carbocycles. The Balaban J connectivity index is 1.70. The standard InChI is InChI=1S/C16H18N4O/c1-11(21)20-9-13-4-5-15(7-14(13)10-20)19-8-12-3-2-6-18-16(12)17/h2-7,19H,8-10H2,1H3,(H2,17,18). The van der Waals surface area contributed by atoms with Crippen LogP contribution in [0.2, 0.25) is 0 Å². The summed E-state index contributed by atoms with van der Waals surface area (Å²) in [4.78, 5) is 17.4. The van der Waals surface area contributed by atoms with Gasteiger partial charge in [0.2, 0.25) is 5.91 Å². The molecule has 1 amide bonds. The lowest BCUT2D eigenvalue weighted by Gasteiger charge is -2.11. The number of nitrogens with one attached hydrogen (secondary N) is 1. The van der Waals surface area contributed by atoms with Crippen LogP contribution in [0.25, 0.3) is 0 Å². The summed E-state index contributed by atoms with van der Waals surface area (Å²) < 4.78 is 0. The molecule has 0 spiro atoms. The highest BCUT2D eigenvalue weighted by Gasteiger charge is 2.20. The van der Waals surface area contributed by atoms with E-state index in [-0.39, 0.29) is 5.91 Å². The Morgan fingerprint density at radius 1 is 1.33 bits per heavy atom. The second-order valence-electron chi connectivity index (χ2n) is 5.26. The van der Waals surface area contributed by atoms with Gasteiger partial charge in [0, 0.05) is 44.0 Å². The molecule has 5 nitrogen and oxygen atoms in total. The fraction of sp³-hybridized carbons (Fsp3) is 0.250. The minimum Gasteiger partial charge on any atom is -0.383 e. The zero-order chi connectivity index (χ0) is 14.8. The molecule has 2 heterocycles. The molecule has 2 aromatic rings. The van der Waals surface area contributed by atoms with Gasteiger partial charge in [-0.3, -0.25) is 4.79 Å².